The van der Waals surface area contributed by atoms with E-state index in [1.807, 2.05) is 0 Å². The van der Waals surface area contributed by atoms with Gasteiger partial charge in [-0.3, -0.25) is 4.79 Å². The van der Waals surface area contributed by atoms with E-state index in [1.54, 1.807) is 19.0 Å². The molecule has 0 atom stereocenters. The van der Waals surface area contributed by atoms with Crippen LogP contribution in [0.2, 0.25) is 0 Å². The van der Waals surface area contributed by atoms with E-state index in [4.69, 9.17) is 4.74 Å². The van der Waals surface area contributed by atoms with Crippen LogP contribution >= 0.6 is 0 Å². The van der Waals surface area contributed by atoms with Crippen molar-refractivity contribution in [3.8, 4) is 0 Å². The van der Waals surface area contributed by atoms with Gasteiger partial charge in [-0.15, -0.1) is 0 Å². The minimum Gasteiger partial charge on any atom is -0.378 e. The first-order chi connectivity index (χ1) is 10.2. The number of hydrogen-bond acceptors (Lipinski definition) is 4. The molecule has 1 aliphatic rings. The average Bonchev–Trinajstić information content (AvgIpc) is 2.52. The number of anilines is 1. The Balaban J connectivity index is 1.73. The lowest BCUT2D eigenvalue weighted by molar-refractivity contribution is -0.128. The van der Waals surface area contributed by atoms with Crippen molar-refractivity contribution in [2.45, 2.75) is 13.0 Å². The van der Waals surface area contributed by atoms with Gasteiger partial charge >= 0.3 is 0 Å². The van der Waals surface area contributed by atoms with Crippen LogP contribution in [0.5, 0.6) is 0 Å². The van der Waals surface area contributed by atoms with Gasteiger partial charge < -0.3 is 19.9 Å². The molecule has 0 saturated carbocycles. The molecule has 0 aromatic heterocycles. The zero-order valence-corrected chi connectivity index (χ0v) is 13.0. The largest absolute Gasteiger partial charge is 0.378 e. The van der Waals surface area contributed by atoms with Gasteiger partial charge in [0.15, 0.2) is 0 Å². The van der Waals surface area contributed by atoms with E-state index < -0.39 is 0 Å². The first-order valence-electron chi connectivity index (χ1n) is 7.49. The summed E-state index contributed by atoms with van der Waals surface area (Å²) >= 11 is 0. The third-order valence-electron chi connectivity index (χ3n) is 3.66. The van der Waals surface area contributed by atoms with Gasteiger partial charge in [0.2, 0.25) is 5.91 Å². The van der Waals surface area contributed by atoms with Gasteiger partial charge in [0.25, 0.3) is 0 Å². The molecule has 1 fully saturated rings. The van der Waals surface area contributed by atoms with Gasteiger partial charge in [-0.2, -0.15) is 0 Å². The maximum Gasteiger partial charge on any atom is 0.223 e. The quantitative estimate of drug-likeness (QED) is 0.797. The number of amides is 1. The second kappa shape index (κ2) is 8.00. The monoisotopic (exact) mass is 291 g/mol. The van der Waals surface area contributed by atoms with Crippen LogP contribution in [0.3, 0.4) is 0 Å². The highest BCUT2D eigenvalue weighted by Gasteiger charge is 2.10. The van der Waals surface area contributed by atoms with Crippen LogP contribution in [-0.4, -0.2) is 57.8 Å². The molecule has 1 N–H and O–H groups in total. The maximum absolute atomic E-state index is 11.4. The van der Waals surface area contributed by atoms with Crippen LogP contribution in [0.15, 0.2) is 24.3 Å². The number of nitrogens with one attached hydrogen (secondary N) is 1. The number of ether oxygens (including phenoxy) is 1. The molecule has 0 spiro atoms. The summed E-state index contributed by atoms with van der Waals surface area (Å²) < 4.78 is 5.36. The van der Waals surface area contributed by atoms with Crippen molar-refractivity contribution in [1.29, 1.82) is 0 Å². The third kappa shape index (κ3) is 5.02. The number of rotatable bonds is 6. The van der Waals surface area contributed by atoms with E-state index in [1.165, 1.54) is 11.3 Å². The van der Waals surface area contributed by atoms with Gasteiger partial charge in [-0.05, 0) is 17.7 Å². The smallest absolute Gasteiger partial charge is 0.223 e. The Bertz CT molecular complexity index is 439. The van der Waals surface area contributed by atoms with Crippen molar-refractivity contribution >= 4 is 11.6 Å². The summed E-state index contributed by atoms with van der Waals surface area (Å²) in [7, 11) is 3.57. The fourth-order valence-corrected chi connectivity index (χ4v) is 2.30. The third-order valence-corrected chi connectivity index (χ3v) is 3.66. The highest BCUT2D eigenvalue weighted by Crippen LogP contribution is 2.16. The summed E-state index contributed by atoms with van der Waals surface area (Å²) in [5.41, 5.74) is 2.49. The second-order valence-electron chi connectivity index (χ2n) is 5.48. The van der Waals surface area contributed by atoms with E-state index in [-0.39, 0.29) is 5.91 Å². The number of nitrogens with zero attached hydrogens (tertiary/aromatic N) is 2. The molecule has 1 aromatic carbocycles. The highest BCUT2D eigenvalue weighted by molar-refractivity contribution is 5.75. The molecule has 0 bridgehead atoms. The van der Waals surface area contributed by atoms with Crippen molar-refractivity contribution in [3.05, 3.63) is 29.8 Å². The lowest BCUT2D eigenvalue weighted by Gasteiger charge is -2.28. The van der Waals surface area contributed by atoms with Crippen LogP contribution in [-0.2, 0) is 16.1 Å². The Morgan fingerprint density at radius 3 is 2.52 bits per heavy atom. The molecule has 21 heavy (non-hydrogen) atoms. The lowest BCUT2D eigenvalue weighted by Crippen LogP contribution is -2.36. The molecule has 1 amide bonds. The maximum atomic E-state index is 11.4. The normalized spacial score (nSPS) is 15.0. The summed E-state index contributed by atoms with van der Waals surface area (Å²) in [6.07, 6.45) is 0.541. The van der Waals surface area contributed by atoms with E-state index in [2.05, 4.69) is 34.5 Å². The zero-order valence-electron chi connectivity index (χ0n) is 13.0. The topological polar surface area (TPSA) is 44.8 Å². The average molecular weight is 291 g/mol. The molecule has 0 aliphatic carbocycles. The fourth-order valence-electron chi connectivity index (χ4n) is 2.30. The molecular formula is C16H25N3O2. The van der Waals surface area contributed by atoms with Gasteiger partial charge in [0.1, 0.15) is 0 Å². The molecule has 1 aromatic rings. The number of hydrogen-bond donors (Lipinski definition) is 1. The Labute approximate surface area is 126 Å². The van der Waals surface area contributed by atoms with Crippen LogP contribution in [0, 0.1) is 0 Å². The van der Waals surface area contributed by atoms with E-state index >= 15 is 0 Å². The SMILES string of the molecule is CN(C)C(=O)CCNCc1ccc(N2CCOCC2)cc1. The van der Waals surface area contributed by atoms with Crippen LogP contribution in [0.1, 0.15) is 12.0 Å². The fraction of sp³-hybridized carbons (Fsp3) is 0.562. The van der Waals surface area contributed by atoms with E-state index in [0.717, 1.165) is 32.8 Å². The minimum absolute atomic E-state index is 0.158. The molecule has 5 heteroatoms. The van der Waals surface area contributed by atoms with Crippen LogP contribution in [0.4, 0.5) is 5.69 Å². The number of carbonyl (C=O) groups excluding carboxylic acids is 1. The Morgan fingerprint density at radius 2 is 1.90 bits per heavy atom. The Hall–Kier alpha value is -1.59. The van der Waals surface area contributed by atoms with Gasteiger partial charge in [-0.1, -0.05) is 12.1 Å². The van der Waals surface area contributed by atoms with Crippen molar-refractivity contribution in [3.63, 3.8) is 0 Å². The summed E-state index contributed by atoms with van der Waals surface area (Å²) in [4.78, 5) is 15.4. The Kier molecular flexibility index (Phi) is 6.02. The van der Waals surface area contributed by atoms with Crippen LogP contribution in [0.25, 0.3) is 0 Å². The van der Waals surface area contributed by atoms with Gasteiger partial charge in [-0.25, -0.2) is 0 Å². The van der Waals surface area contributed by atoms with E-state index in [9.17, 15) is 4.79 Å². The molecule has 0 radical (unpaired) electrons. The number of morpholine rings is 1. The first kappa shape index (κ1) is 15.8. The van der Waals surface area contributed by atoms with Crippen LogP contribution < -0.4 is 10.2 Å². The molecule has 5 nitrogen and oxygen atoms in total. The lowest BCUT2D eigenvalue weighted by atomic mass is 10.2. The molecule has 0 unspecified atom stereocenters. The summed E-state index contributed by atoms with van der Waals surface area (Å²) in [5.74, 6) is 0.158. The van der Waals surface area contributed by atoms with Gasteiger partial charge in [0.05, 0.1) is 13.2 Å². The standard InChI is InChI=1S/C16H25N3O2/c1-18(2)16(20)7-8-17-13-14-3-5-15(6-4-14)19-9-11-21-12-10-19/h3-6,17H,7-13H2,1-2H3. The van der Waals surface area contributed by atoms with Crippen molar-refractivity contribution < 1.29 is 9.53 Å². The molecule has 116 valence electrons. The molecule has 1 aliphatic heterocycles. The van der Waals surface area contributed by atoms with Crippen molar-refractivity contribution in [2.75, 3.05) is 51.8 Å². The van der Waals surface area contributed by atoms with Gasteiger partial charge in [0, 0.05) is 52.4 Å². The predicted octanol–water partition coefficient (Wildman–Crippen LogP) is 1.09. The minimum atomic E-state index is 0.158. The Morgan fingerprint density at radius 1 is 1.24 bits per heavy atom. The molecule has 1 saturated heterocycles. The summed E-state index contributed by atoms with van der Waals surface area (Å²) in [6, 6.07) is 8.61. The predicted molar refractivity (Wildman–Crippen MR) is 84.5 cm³/mol. The molecular weight excluding hydrogens is 266 g/mol. The molecule has 1 heterocycles. The second-order valence-corrected chi connectivity index (χ2v) is 5.48. The van der Waals surface area contributed by atoms with Crippen molar-refractivity contribution in [1.82, 2.24) is 10.2 Å². The summed E-state index contributed by atoms with van der Waals surface area (Å²) in [5, 5.41) is 3.31. The highest BCUT2D eigenvalue weighted by atomic mass is 16.5. The summed E-state index contributed by atoms with van der Waals surface area (Å²) in [6.45, 7) is 5.05. The van der Waals surface area contributed by atoms with Crippen molar-refractivity contribution in [2.24, 2.45) is 0 Å². The molecule has 2 rings (SSSR count). The van der Waals surface area contributed by atoms with E-state index in [0.29, 0.717) is 13.0 Å². The number of carbonyl (C=O) groups is 1. The first-order valence-corrected chi connectivity index (χ1v) is 7.49. The zero-order chi connectivity index (χ0) is 15.1. The number of benzene rings is 1.